The summed E-state index contributed by atoms with van der Waals surface area (Å²) in [5, 5.41) is 0. The quantitative estimate of drug-likeness (QED) is 0.515. The van der Waals surface area contributed by atoms with Gasteiger partial charge in [0.2, 0.25) is 0 Å². The molecule has 48 valence electrons. The molecule has 0 saturated heterocycles. The summed E-state index contributed by atoms with van der Waals surface area (Å²) < 4.78 is 0. The van der Waals surface area contributed by atoms with Gasteiger partial charge in [0.1, 0.15) is 0 Å². The molecule has 0 aliphatic heterocycles. The van der Waals surface area contributed by atoms with Crippen molar-refractivity contribution in [3.05, 3.63) is 13.8 Å². The van der Waals surface area contributed by atoms with Crippen molar-refractivity contribution in [1.82, 2.24) is 0 Å². The first-order valence-corrected chi connectivity index (χ1v) is 3.13. The molecule has 1 atom stereocenters. The Morgan fingerprint density at radius 2 is 1.88 bits per heavy atom. The Kier molecular flexibility index (Phi) is 2.52. The van der Waals surface area contributed by atoms with E-state index in [1.165, 1.54) is 0 Å². The molecule has 0 nitrogen and oxygen atoms in total. The first-order chi connectivity index (χ1) is 3.50. The maximum Gasteiger partial charge on any atom is -0.0329 e. The Morgan fingerprint density at radius 3 is 1.88 bits per heavy atom. The van der Waals surface area contributed by atoms with Crippen molar-refractivity contribution < 1.29 is 0 Å². The molecule has 0 aromatic heterocycles. The third kappa shape index (κ3) is 1.85. The molecule has 0 heteroatoms. The topological polar surface area (TPSA) is 0 Å². The zero-order valence-electron chi connectivity index (χ0n) is 6.20. The van der Waals surface area contributed by atoms with Crippen LogP contribution in [0.25, 0.3) is 0 Å². The van der Waals surface area contributed by atoms with Gasteiger partial charge < -0.3 is 0 Å². The molecule has 0 saturated carbocycles. The van der Waals surface area contributed by atoms with Crippen LogP contribution in [0, 0.1) is 25.2 Å². The van der Waals surface area contributed by atoms with E-state index in [0.29, 0.717) is 11.3 Å². The van der Waals surface area contributed by atoms with E-state index in [1.54, 1.807) is 0 Å². The third-order valence-corrected chi connectivity index (χ3v) is 1.98. The number of hydrogen-bond donors (Lipinski definition) is 0. The molecule has 0 amide bonds. The second kappa shape index (κ2) is 2.52. The van der Waals surface area contributed by atoms with Gasteiger partial charge in [-0.25, -0.2) is 0 Å². The second-order valence-corrected chi connectivity index (χ2v) is 3.14. The molecule has 0 heterocycles. The van der Waals surface area contributed by atoms with E-state index >= 15 is 0 Å². The van der Waals surface area contributed by atoms with Gasteiger partial charge in [0.25, 0.3) is 0 Å². The minimum atomic E-state index is 0.319. The van der Waals surface area contributed by atoms with Crippen LogP contribution in [0.3, 0.4) is 0 Å². The van der Waals surface area contributed by atoms with Crippen LogP contribution in [0.2, 0.25) is 0 Å². The van der Waals surface area contributed by atoms with E-state index in [0.717, 1.165) is 6.42 Å². The lowest BCUT2D eigenvalue weighted by atomic mass is 9.79. The van der Waals surface area contributed by atoms with E-state index in [1.807, 2.05) is 0 Å². The third-order valence-electron chi connectivity index (χ3n) is 1.98. The lowest BCUT2D eigenvalue weighted by Gasteiger charge is -2.26. The summed E-state index contributed by atoms with van der Waals surface area (Å²) in [6.45, 7) is 14.3. The monoisotopic (exact) mass is 112 g/mol. The summed E-state index contributed by atoms with van der Waals surface area (Å²) in [4.78, 5) is 0. The van der Waals surface area contributed by atoms with Crippen LogP contribution in [-0.4, -0.2) is 0 Å². The van der Waals surface area contributed by atoms with Gasteiger partial charge in [-0.05, 0) is 24.7 Å². The van der Waals surface area contributed by atoms with Crippen molar-refractivity contribution in [3.8, 4) is 0 Å². The van der Waals surface area contributed by atoms with Crippen molar-refractivity contribution in [2.45, 2.75) is 27.2 Å². The second-order valence-electron chi connectivity index (χ2n) is 3.14. The molecule has 0 bridgehead atoms. The predicted octanol–water partition coefficient (Wildman–Crippen LogP) is 2.71. The van der Waals surface area contributed by atoms with Gasteiger partial charge in [-0.2, -0.15) is 0 Å². The van der Waals surface area contributed by atoms with Crippen LogP contribution in [0.1, 0.15) is 27.2 Å². The van der Waals surface area contributed by atoms with Crippen molar-refractivity contribution >= 4 is 0 Å². The molecule has 0 fully saturated rings. The molecule has 0 aliphatic carbocycles. The number of hydrogen-bond acceptors (Lipinski definition) is 0. The lowest BCUT2D eigenvalue weighted by Crippen LogP contribution is -2.17. The highest BCUT2D eigenvalue weighted by atomic mass is 14.2. The summed E-state index contributed by atoms with van der Waals surface area (Å²) in [7, 11) is 0. The SMILES string of the molecule is [CH2]CC(C)(C)C([CH2])C. The normalized spacial score (nSPS) is 12.8. The maximum absolute atomic E-state index is 3.94. The molecular formula is C8H16. The highest BCUT2D eigenvalue weighted by Crippen LogP contribution is 2.28. The van der Waals surface area contributed by atoms with E-state index in [-0.39, 0.29) is 0 Å². The smallest absolute Gasteiger partial charge is 0.0329 e. The van der Waals surface area contributed by atoms with E-state index in [9.17, 15) is 0 Å². The largest absolute Gasteiger partial charge is 0.0620 e. The van der Waals surface area contributed by atoms with Gasteiger partial charge in [0, 0.05) is 0 Å². The Balaban J connectivity index is 3.71. The van der Waals surface area contributed by atoms with Crippen molar-refractivity contribution in [1.29, 1.82) is 0 Å². The fourth-order valence-electron chi connectivity index (χ4n) is 0.246. The average Bonchev–Trinajstić information content (AvgIpc) is 1.67. The van der Waals surface area contributed by atoms with Crippen LogP contribution in [-0.2, 0) is 0 Å². The minimum Gasteiger partial charge on any atom is -0.0620 e. The Bertz CT molecular complexity index is 60.4. The Morgan fingerprint density at radius 1 is 1.50 bits per heavy atom. The lowest BCUT2D eigenvalue weighted by molar-refractivity contribution is 0.277. The molecule has 0 spiro atoms. The fraction of sp³-hybridized carbons (Fsp3) is 0.750. The molecule has 0 aromatic rings. The van der Waals surface area contributed by atoms with Crippen molar-refractivity contribution in [2.24, 2.45) is 11.3 Å². The summed E-state index contributed by atoms with van der Waals surface area (Å²) in [6, 6.07) is 0. The van der Waals surface area contributed by atoms with Crippen LogP contribution in [0.15, 0.2) is 0 Å². The van der Waals surface area contributed by atoms with Crippen molar-refractivity contribution in [3.63, 3.8) is 0 Å². The molecule has 8 heavy (non-hydrogen) atoms. The molecular weight excluding hydrogens is 96.1 g/mol. The molecule has 0 aliphatic rings. The standard InChI is InChI=1S/C8H16/c1-6-8(4,5)7(2)3/h7H,1-2,6H2,3-5H3. The fourth-order valence-corrected chi connectivity index (χ4v) is 0.246. The highest BCUT2D eigenvalue weighted by Gasteiger charge is 2.18. The first-order valence-electron chi connectivity index (χ1n) is 3.13. The zero-order chi connectivity index (χ0) is 6.78. The number of rotatable bonds is 2. The summed E-state index contributed by atoms with van der Waals surface area (Å²) in [6.07, 6.45) is 0.970. The molecule has 0 rings (SSSR count). The van der Waals surface area contributed by atoms with Gasteiger partial charge in [0.15, 0.2) is 0 Å². The van der Waals surface area contributed by atoms with Gasteiger partial charge in [-0.15, -0.1) is 0 Å². The maximum atomic E-state index is 3.94. The van der Waals surface area contributed by atoms with Gasteiger partial charge in [-0.3, -0.25) is 0 Å². The Labute approximate surface area is 53.3 Å². The first kappa shape index (κ1) is 8.00. The minimum absolute atomic E-state index is 0.319. The summed E-state index contributed by atoms with van der Waals surface area (Å²) in [5.74, 6) is 0.500. The van der Waals surface area contributed by atoms with E-state index in [4.69, 9.17) is 0 Å². The molecule has 0 N–H and O–H groups in total. The van der Waals surface area contributed by atoms with Crippen LogP contribution in [0.5, 0.6) is 0 Å². The molecule has 0 aromatic carbocycles. The van der Waals surface area contributed by atoms with Gasteiger partial charge in [-0.1, -0.05) is 27.7 Å². The van der Waals surface area contributed by atoms with E-state index in [2.05, 4.69) is 34.6 Å². The van der Waals surface area contributed by atoms with Crippen LogP contribution >= 0.6 is 0 Å². The summed E-state index contributed by atoms with van der Waals surface area (Å²) >= 11 is 0. The highest BCUT2D eigenvalue weighted by molar-refractivity contribution is 4.76. The van der Waals surface area contributed by atoms with Gasteiger partial charge >= 0.3 is 0 Å². The molecule has 1 unspecified atom stereocenters. The summed E-state index contributed by atoms with van der Waals surface area (Å²) in [5.41, 5.74) is 0.319. The van der Waals surface area contributed by atoms with Crippen LogP contribution in [0.4, 0.5) is 0 Å². The van der Waals surface area contributed by atoms with E-state index < -0.39 is 0 Å². The van der Waals surface area contributed by atoms with Crippen molar-refractivity contribution in [2.75, 3.05) is 0 Å². The Hall–Kier alpha value is 0. The molecule has 2 radical (unpaired) electrons. The zero-order valence-corrected chi connectivity index (χ0v) is 6.20. The van der Waals surface area contributed by atoms with Crippen LogP contribution < -0.4 is 0 Å². The van der Waals surface area contributed by atoms with Gasteiger partial charge in [0.05, 0.1) is 0 Å². The predicted molar refractivity (Wildman–Crippen MR) is 38.3 cm³/mol. The average molecular weight is 112 g/mol.